The fourth-order valence-electron chi connectivity index (χ4n) is 4.23. The average Bonchev–Trinajstić information content (AvgIpc) is 3.43. The molecular formula is C23H22ClFN4O3S. The third kappa shape index (κ3) is 4.05. The van der Waals surface area contributed by atoms with Crippen LogP contribution in [0.4, 0.5) is 9.18 Å². The highest BCUT2D eigenvalue weighted by atomic mass is 35.5. The second-order valence-electron chi connectivity index (χ2n) is 8.33. The highest BCUT2D eigenvalue weighted by Crippen LogP contribution is 2.42. The maximum absolute atomic E-state index is 14.3. The molecule has 2 saturated heterocycles. The highest BCUT2D eigenvalue weighted by Gasteiger charge is 2.34. The number of aryl methyl sites for hydroxylation is 1. The van der Waals surface area contributed by atoms with Crippen LogP contribution in [0.2, 0.25) is 5.02 Å². The number of imide groups is 1. The van der Waals surface area contributed by atoms with Crippen molar-refractivity contribution in [3.05, 3.63) is 45.9 Å². The SMILES string of the molecule is Cc1cc(Cl)cc(-c2ccnc3cc(CN4C(=O)CN(C)C4=O)sc23)c1O[C@@H]1CNC[C@@H]1F. The van der Waals surface area contributed by atoms with E-state index in [2.05, 4.69) is 10.3 Å². The molecule has 3 amide bonds. The molecule has 2 aliphatic rings. The fourth-order valence-corrected chi connectivity index (χ4v) is 5.64. The molecule has 2 atom stereocenters. The van der Waals surface area contributed by atoms with Crippen molar-refractivity contribution in [3.63, 3.8) is 0 Å². The number of nitrogens with one attached hydrogen (secondary N) is 1. The molecule has 0 unspecified atom stereocenters. The number of carbonyl (C=O) groups is 2. The molecular weight excluding hydrogens is 467 g/mol. The van der Waals surface area contributed by atoms with Crippen LogP contribution >= 0.6 is 22.9 Å². The lowest BCUT2D eigenvalue weighted by Gasteiger charge is -2.20. The lowest BCUT2D eigenvalue weighted by atomic mass is 10.0. The van der Waals surface area contributed by atoms with Gasteiger partial charge in [0.15, 0.2) is 6.17 Å². The quantitative estimate of drug-likeness (QED) is 0.549. The van der Waals surface area contributed by atoms with Gasteiger partial charge in [-0.25, -0.2) is 9.18 Å². The van der Waals surface area contributed by atoms with E-state index in [-0.39, 0.29) is 31.6 Å². The van der Waals surface area contributed by atoms with Gasteiger partial charge in [-0.3, -0.25) is 14.7 Å². The Labute approximate surface area is 199 Å². The number of carbonyl (C=O) groups excluding carboxylic acids is 2. The third-order valence-electron chi connectivity index (χ3n) is 5.89. The number of likely N-dealkylation sites (N-methyl/N-ethyl adjacent to an activating group) is 1. The zero-order chi connectivity index (χ0) is 23.3. The first-order valence-electron chi connectivity index (χ1n) is 10.6. The van der Waals surface area contributed by atoms with Crippen LogP contribution in [0.5, 0.6) is 5.75 Å². The number of fused-ring (bicyclic) bond motifs is 1. The van der Waals surface area contributed by atoms with Gasteiger partial charge in [0.25, 0.3) is 5.91 Å². The van der Waals surface area contributed by atoms with Crippen LogP contribution in [0.1, 0.15) is 10.4 Å². The maximum atomic E-state index is 14.3. The summed E-state index contributed by atoms with van der Waals surface area (Å²) in [7, 11) is 1.61. The van der Waals surface area contributed by atoms with E-state index < -0.39 is 12.3 Å². The molecule has 1 aromatic carbocycles. The minimum atomic E-state index is -1.09. The van der Waals surface area contributed by atoms with E-state index in [4.69, 9.17) is 16.3 Å². The average molecular weight is 489 g/mol. The first kappa shape index (κ1) is 22.1. The number of benzene rings is 1. The number of pyridine rings is 1. The molecule has 2 aliphatic heterocycles. The first-order valence-corrected chi connectivity index (χ1v) is 11.8. The summed E-state index contributed by atoms with van der Waals surface area (Å²) in [5.41, 5.74) is 3.17. The largest absolute Gasteiger partial charge is 0.485 e. The standard InChI is InChI=1S/C23H22ClFN4O3S/c1-12-5-13(24)6-16(21(12)32-19-9-26-8-17(19)25)15-3-4-27-18-7-14(33-22(15)18)10-29-20(30)11-28(2)23(29)31/h3-7,17,19,26H,8-11H2,1-2H3/t17-,19+/m0/s1. The van der Waals surface area contributed by atoms with Gasteiger partial charge in [-0.2, -0.15) is 0 Å². The smallest absolute Gasteiger partial charge is 0.327 e. The Morgan fingerprint density at radius 3 is 2.79 bits per heavy atom. The topological polar surface area (TPSA) is 74.8 Å². The van der Waals surface area contributed by atoms with E-state index in [9.17, 15) is 14.0 Å². The second-order valence-corrected chi connectivity index (χ2v) is 9.91. The number of thiophene rings is 1. The van der Waals surface area contributed by atoms with Crippen LogP contribution in [-0.2, 0) is 11.3 Å². The Morgan fingerprint density at radius 2 is 2.09 bits per heavy atom. The summed E-state index contributed by atoms with van der Waals surface area (Å²) in [6.07, 6.45) is 0.0276. The van der Waals surface area contributed by atoms with Crippen LogP contribution in [0, 0.1) is 6.92 Å². The van der Waals surface area contributed by atoms with Gasteiger partial charge in [0.2, 0.25) is 0 Å². The summed E-state index contributed by atoms with van der Waals surface area (Å²) in [6, 6.07) is 7.07. The molecule has 2 fully saturated rings. The van der Waals surface area contributed by atoms with Crippen LogP contribution in [0.25, 0.3) is 21.3 Å². The van der Waals surface area contributed by atoms with E-state index >= 15 is 0 Å². The number of alkyl halides is 1. The molecule has 0 bridgehead atoms. The van der Waals surface area contributed by atoms with E-state index in [0.717, 1.165) is 31.8 Å². The maximum Gasteiger partial charge on any atom is 0.327 e. The molecule has 33 heavy (non-hydrogen) atoms. The van der Waals surface area contributed by atoms with Crippen molar-refractivity contribution < 1.29 is 18.7 Å². The molecule has 172 valence electrons. The number of urea groups is 1. The Morgan fingerprint density at radius 1 is 1.27 bits per heavy atom. The normalized spacial score (nSPS) is 21.0. The van der Waals surface area contributed by atoms with Gasteiger partial charge < -0.3 is 15.0 Å². The number of aromatic nitrogens is 1. The molecule has 5 rings (SSSR count). The molecule has 10 heteroatoms. The van der Waals surface area contributed by atoms with Crippen molar-refractivity contribution in [2.24, 2.45) is 0 Å². The second kappa shape index (κ2) is 8.55. The summed E-state index contributed by atoms with van der Waals surface area (Å²) in [6.45, 7) is 2.87. The lowest BCUT2D eigenvalue weighted by Crippen LogP contribution is -2.30. The van der Waals surface area contributed by atoms with Crippen molar-refractivity contribution >= 4 is 45.1 Å². The number of halogens is 2. The molecule has 3 aromatic rings. The molecule has 0 saturated carbocycles. The van der Waals surface area contributed by atoms with Crippen molar-refractivity contribution in [3.8, 4) is 16.9 Å². The van der Waals surface area contributed by atoms with Gasteiger partial charge >= 0.3 is 6.03 Å². The van der Waals surface area contributed by atoms with Gasteiger partial charge in [-0.15, -0.1) is 11.3 Å². The van der Waals surface area contributed by atoms with E-state index in [1.165, 1.54) is 21.1 Å². The summed E-state index contributed by atoms with van der Waals surface area (Å²) in [5.74, 6) is 0.366. The van der Waals surface area contributed by atoms with Gasteiger partial charge in [0.1, 0.15) is 18.4 Å². The van der Waals surface area contributed by atoms with Gasteiger partial charge in [-0.05, 0) is 36.8 Å². The van der Waals surface area contributed by atoms with Crippen molar-refractivity contribution in [2.75, 3.05) is 26.7 Å². The predicted octanol–water partition coefficient (Wildman–Crippen LogP) is 4.01. The number of rotatable bonds is 5. The zero-order valence-corrected chi connectivity index (χ0v) is 19.7. The minimum Gasteiger partial charge on any atom is -0.485 e. The van der Waals surface area contributed by atoms with Crippen molar-refractivity contribution in [2.45, 2.75) is 25.7 Å². The van der Waals surface area contributed by atoms with Crippen LogP contribution in [-0.4, -0.2) is 65.7 Å². The van der Waals surface area contributed by atoms with Gasteiger partial charge in [0.05, 0.1) is 16.8 Å². The van der Waals surface area contributed by atoms with E-state index in [1.807, 2.05) is 25.1 Å². The highest BCUT2D eigenvalue weighted by molar-refractivity contribution is 7.19. The molecule has 0 radical (unpaired) electrons. The number of nitrogens with zero attached hydrogens (tertiary/aromatic N) is 3. The number of hydrogen-bond acceptors (Lipinski definition) is 6. The van der Waals surface area contributed by atoms with Crippen molar-refractivity contribution in [1.82, 2.24) is 20.1 Å². The Kier molecular flexibility index (Phi) is 5.72. The minimum absolute atomic E-state index is 0.0846. The monoisotopic (exact) mass is 488 g/mol. The van der Waals surface area contributed by atoms with Gasteiger partial charge in [0, 0.05) is 47.4 Å². The fraction of sp³-hybridized carbons (Fsp3) is 0.348. The van der Waals surface area contributed by atoms with Gasteiger partial charge in [-0.1, -0.05) is 11.6 Å². The number of ether oxygens (including phenoxy) is 1. The predicted molar refractivity (Wildman–Crippen MR) is 126 cm³/mol. The Balaban J connectivity index is 1.55. The van der Waals surface area contributed by atoms with Crippen LogP contribution < -0.4 is 10.1 Å². The molecule has 1 N–H and O–H groups in total. The first-order chi connectivity index (χ1) is 15.8. The Bertz CT molecular complexity index is 1270. The van der Waals surface area contributed by atoms with E-state index in [0.29, 0.717) is 17.3 Å². The van der Waals surface area contributed by atoms with Crippen LogP contribution in [0.15, 0.2) is 30.5 Å². The van der Waals surface area contributed by atoms with E-state index in [1.54, 1.807) is 19.3 Å². The summed E-state index contributed by atoms with van der Waals surface area (Å²) in [5, 5.41) is 3.56. The number of amides is 3. The number of hydrogen-bond donors (Lipinski definition) is 1. The molecule has 0 aliphatic carbocycles. The Hall–Kier alpha value is -2.75. The molecule has 4 heterocycles. The summed E-state index contributed by atoms with van der Waals surface area (Å²) < 4.78 is 21.3. The lowest BCUT2D eigenvalue weighted by molar-refractivity contribution is -0.125. The summed E-state index contributed by atoms with van der Waals surface area (Å²) in [4.78, 5) is 32.4. The third-order valence-corrected chi connectivity index (χ3v) is 7.26. The molecule has 0 spiro atoms. The van der Waals surface area contributed by atoms with Crippen LogP contribution in [0.3, 0.4) is 0 Å². The molecule has 2 aromatic heterocycles. The zero-order valence-electron chi connectivity index (χ0n) is 18.1. The molecule has 7 nitrogen and oxygen atoms in total. The summed E-state index contributed by atoms with van der Waals surface area (Å²) >= 11 is 7.85. The van der Waals surface area contributed by atoms with Crippen molar-refractivity contribution in [1.29, 1.82) is 0 Å².